The molecule has 0 spiro atoms. The molecule has 0 aromatic heterocycles. The van der Waals surface area contributed by atoms with Crippen LogP contribution in [0.2, 0.25) is 0 Å². The van der Waals surface area contributed by atoms with E-state index in [0.29, 0.717) is 6.42 Å². The number of nitrogens with one attached hydrogen (secondary N) is 2. The summed E-state index contributed by atoms with van der Waals surface area (Å²) in [4.78, 5) is 45.9. The minimum absolute atomic E-state index is 0.115. The van der Waals surface area contributed by atoms with Crippen LogP contribution in [0.1, 0.15) is 33.6 Å². The fourth-order valence-electron chi connectivity index (χ4n) is 1.92. The number of aliphatic hydroxyl groups is 1. The van der Waals surface area contributed by atoms with Gasteiger partial charge in [-0.15, -0.1) is 0 Å². The fraction of sp³-hybridized carbons (Fsp3) is 0.714. The first-order chi connectivity index (χ1) is 11.0. The summed E-state index contributed by atoms with van der Waals surface area (Å²) in [6.45, 7) is 4.84. The Hall–Kier alpha value is -2.20. The molecule has 0 aromatic rings. The van der Waals surface area contributed by atoms with Gasteiger partial charge in [0.25, 0.3) is 0 Å². The van der Waals surface area contributed by atoms with Gasteiger partial charge in [0.05, 0.1) is 18.6 Å². The van der Waals surface area contributed by atoms with Crippen molar-refractivity contribution in [1.29, 1.82) is 0 Å². The van der Waals surface area contributed by atoms with Crippen molar-refractivity contribution in [3.05, 3.63) is 0 Å². The molecule has 0 aliphatic rings. The van der Waals surface area contributed by atoms with Crippen LogP contribution in [0.3, 0.4) is 0 Å². The van der Waals surface area contributed by atoms with Crippen molar-refractivity contribution in [3.63, 3.8) is 0 Å². The van der Waals surface area contributed by atoms with Crippen molar-refractivity contribution < 1.29 is 34.5 Å². The Morgan fingerprint density at radius 2 is 1.54 bits per heavy atom. The summed E-state index contributed by atoms with van der Waals surface area (Å²) in [5.41, 5.74) is 5.67. The van der Waals surface area contributed by atoms with E-state index < -0.39 is 54.4 Å². The minimum Gasteiger partial charge on any atom is -0.481 e. The Labute approximate surface area is 139 Å². The predicted octanol–water partition coefficient (Wildman–Crippen LogP) is -1.73. The number of amides is 2. The molecule has 4 unspecified atom stereocenters. The monoisotopic (exact) mass is 347 g/mol. The smallest absolute Gasteiger partial charge is 0.328 e. The molecule has 0 saturated carbocycles. The lowest BCUT2D eigenvalue weighted by Gasteiger charge is -2.23. The van der Waals surface area contributed by atoms with Crippen molar-refractivity contribution in [2.24, 2.45) is 11.7 Å². The van der Waals surface area contributed by atoms with Gasteiger partial charge >= 0.3 is 11.9 Å². The molecule has 24 heavy (non-hydrogen) atoms. The average molecular weight is 347 g/mol. The number of aliphatic carboxylic acids is 2. The molecule has 0 aliphatic carbocycles. The van der Waals surface area contributed by atoms with Gasteiger partial charge in [-0.05, 0) is 19.3 Å². The van der Waals surface area contributed by atoms with Crippen LogP contribution in [-0.4, -0.2) is 63.3 Å². The van der Waals surface area contributed by atoms with Crippen LogP contribution in [0.4, 0.5) is 0 Å². The van der Waals surface area contributed by atoms with Gasteiger partial charge in [0.2, 0.25) is 11.8 Å². The van der Waals surface area contributed by atoms with Crippen LogP contribution in [-0.2, 0) is 19.2 Å². The predicted molar refractivity (Wildman–Crippen MR) is 82.9 cm³/mol. The van der Waals surface area contributed by atoms with Gasteiger partial charge in [-0.25, -0.2) is 4.79 Å². The third-order valence-corrected chi connectivity index (χ3v) is 3.12. The zero-order valence-electron chi connectivity index (χ0n) is 13.9. The maximum atomic E-state index is 12.1. The number of carbonyl (C=O) groups is 4. The molecule has 7 N–H and O–H groups in total. The van der Waals surface area contributed by atoms with Crippen molar-refractivity contribution in [1.82, 2.24) is 10.6 Å². The Kier molecular flexibility index (Phi) is 8.93. The molecule has 0 aromatic carbocycles. The summed E-state index contributed by atoms with van der Waals surface area (Å²) < 4.78 is 0. The first-order valence-corrected chi connectivity index (χ1v) is 7.44. The number of carboxylic acid groups (broad SMARTS) is 2. The summed E-state index contributed by atoms with van der Waals surface area (Å²) in [7, 11) is 0. The van der Waals surface area contributed by atoms with E-state index >= 15 is 0 Å². The van der Waals surface area contributed by atoms with Crippen molar-refractivity contribution in [2.45, 2.75) is 57.8 Å². The number of aliphatic hydroxyl groups excluding tert-OH is 1. The lowest BCUT2D eigenvalue weighted by atomic mass is 10.0. The zero-order chi connectivity index (χ0) is 19.0. The number of rotatable bonds is 10. The van der Waals surface area contributed by atoms with Crippen LogP contribution in [0.15, 0.2) is 0 Å². The number of carboxylic acids is 2. The maximum Gasteiger partial charge on any atom is 0.328 e. The second kappa shape index (κ2) is 9.83. The highest BCUT2D eigenvalue weighted by atomic mass is 16.4. The first kappa shape index (κ1) is 21.8. The summed E-state index contributed by atoms with van der Waals surface area (Å²) in [6, 6.07) is -4.06. The van der Waals surface area contributed by atoms with E-state index in [1.807, 2.05) is 19.2 Å². The lowest BCUT2D eigenvalue weighted by molar-refractivity contribution is -0.145. The van der Waals surface area contributed by atoms with Crippen molar-refractivity contribution in [2.75, 3.05) is 0 Å². The summed E-state index contributed by atoms with van der Waals surface area (Å²) in [5.74, 6) is -4.49. The van der Waals surface area contributed by atoms with E-state index in [1.54, 1.807) is 0 Å². The van der Waals surface area contributed by atoms with Crippen LogP contribution in [0.25, 0.3) is 0 Å². The van der Waals surface area contributed by atoms with E-state index in [4.69, 9.17) is 15.9 Å². The molecule has 0 fully saturated rings. The largest absolute Gasteiger partial charge is 0.481 e. The standard InChI is InChI=1S/C14H25N3O7/c1-6(2)4-8(15)12(21)16-9(5-10(19)20)13(22)17-11(7(3)18)14(23)24/h6-9,11,18H,4-5,15H2,1-3H3,(H,16,21)(H,17,22)(H,19,20)(H,23,24). The normalized spacial score (nSPS) is 15.9. The zero-order valence-corrected chi connectivity index (χ0v) is 13.9. The second-order valence-corrected chi connectivity index (χ2v) is 5.96. The molecule has 10 heteroatoms. The molecule has 138 valence electrons. The molecular weight excluding hydrogens is 322 g/mol. The molecule has 4 atom stereocenters. The molecule has 10 nitrogen and oxygen atoms in total. The van der Waals surface area contributed by atoms with Crippen LogP contribution in [0, 0.1) is 5.92 Å². The Balaban J connectivity index is 5.05. The van der Waals surface area contributed by atoms with Gasteiger partial charge < -0.3 is 31.7 Å². The van der Waals surface area contributed by atoms with Gasteiger partial charge in [-0.1, -0.05) is 13.8 Å². The topological polar surface area (TPSA) is 179 Å². The highest BCUT2D eigenvalue weighted by Crippen LogP contribution is 2.04. The number of hydrogen-bond acceptors (Lipinski definition) is 6. The third-order valence-electron chi connectivity index (χ3n) is 3.12. The van der Waals surface area contributed by atoms with Crippen LogP contribution in [0.5, 0.6) is 0 Å². The van der Waals surface area contributed by atoms with E-state index in [-0.39, 0.29) is 5.92 Å². The molecule has 0 saturated heterocycles. The molecule has 0 radical (unpaired) electrons. The molecule has 0 aliphatic heterocycles. The quantitative estimate of drug-likeness (QED) is 0.270. The van der Waals surface area contributed by atoms with Crippen LogP contribution < -0.4 is 16.4 Å². The summed E-state index contributed by atoms with van der Waals surface area (Å²) >= 11 is 0. The van der Waals surface area contributed by atoms with Gasteiger partial charge in [-0.2, -0.15) is 0 Å². The highest BCUT2D eigenvalue weighted by molar-refractivity contribution is 5.94. The Morgan fingerprint density at radius 3 is 1.92 bits per heavy atom. The lowest BCUT2D eigenvalue weighted by Crippen LogP contribution is -2.57. The number of nitrogens with two attached hydrogens (primary N) is 1. The van der Waals surface area contributed by atoms with E-state index in [9.17, 15) is 24.3 Å². The number of carbonyl (C=O) groups excluding carboxylic acids is 2. The minimum atomic E-state index is -1.63. The summed E-state index contributed by atoms with van der Waals surface area (Å²) in [5, 5.41) is 31.3. The fourth-order valence-corrected chi connectivity index (χ4v) is 1.92. The van der Waals surface area contributed by atoms with Gasteiger partial charge in [0.15, 0.2) is 6.04 Å². The first-order valence-electron chi connectivity index (χ1n) is 7.44. The van der Waals surface area contributed by atoms with Crippen molar-refractivity contribution in [3.8, 4) is 0 Å². The van der Waals surface area contributed by atoms with Gasteiger partial charge in [0.1, 0.15) is 6.04 Å². The van der Waals surface area contributed by atoms with E-state index in [1.165, 1.54) is 0 Å². The SMILES string of the molecule is CC(C)CC(N)C(=O)NC(CC(=O)O)C(=O)NC(C(=O)O)C(C)O. The van der Waals surface area contributed by atoms with E-state index in [2.05, 4.69) is 5.32 Å². The van der Waals surface area contributed by atoms with Crippen LogP contribution >= 0.6 is 0 Å². The Morgan fingerprint density at radius 1 is 1.00 bits per heavy atom. The third kappa shape index (κ3) is 7.88. The molecule has 0 bridgehead atoms. The van der Waals surface area contributed by atoms with Gasteiger partial charge in [-0.3, -0.25) is 14.4 Å². The highest BCUT2D eigenvalue weighted by Gasteiger charge is 2.31. The molecular formula is C14H25N3O7. The molecule has 0 rings (SSSR count). The van der Waals surface area contributed by atoms with E-state index in [0.717, 1.165) is 6.92 Å². The second-order valence-electron chi connectivity index (χ2n) is 5.96. The van der Waals surface area contributed by atoms with Gasteiger partial charge in [0, 0.05) is 0 Å². The maximum absolute atomic E-state index is 12.1. The van der Waals surface area contributed by atoms with Crippen molar-refractivity contribution >= 4 is 23.8 Å². The molecule has 0 heterocycles. The Bertz CT molecular complexity index is 479. The molecule has 2 amide bonds. The summed E-state index contributed by atoms with van der Waals surface area (Å²) in [6.07, 6.45) is -1.83. The average Bonchev–Trinajstić information content (AvgIpc) is 2.41. The number of hydrogen-bond donors (Lipinski definition) is 6.